The van der Waals surface area contributed by atoms with Crippen molar-refractivity contribution in [2.75, 3.05) is 6.61 Å². The molecule has 2 aliphatic carbocycles. The fraction of sp³-hybridized carbons (Fsp3) is 0.917. The Hall–Kier alpha value is -0.700. The van der Waals surface area contributed by atoms with E-state index < -0.39 is 0 Å². The lowest BCUT2D eigenvalue weighted by Gasteiger charge is -2.40. The standard InChI is InChI=1S/C24H42O3/c1-18(2)5-4-6-19(3)13-14-27-23-11-9-21(10-12-23)24-15-20(16-25)7-8-22(24)17-26/h16-24H,4-15H2,1-3H3. The van der Waals surface area contributed by atoms with Gasteiger partial charge < -0.3 is 14.3 Å². The van der Waals surface area contributed by atoms with Gasteiger partial charge in [0, 0.05) is 18.4 Å². The zero-order valence-corrected chi connectivity index (χ0v) is 17.9. The second kappa shape index (κ2) is 12.0. The van der Waals surface area contributed by atoms with Gasteiger partial charge in [-0.1, -0.05) is 40.0 Å². The second-order valence-electron chi connectivity index (χ2n) is 9.80. The number of hydrogen-bond donors (Lipinski definition) is 0. The summed E-state index contributed by atoms with van der Waals surface area (Å²) in [6, 6.07) is 0. The third kappa shape index (κ3) is 7.68. The molecule has 0 saturated heterocycles. The van der Waals surface area contributed by atoms with Crippen molar-refractivity contribution in [3.05, 3.63) is 0 Å². The molecular formula is C24H42O3. The van der Waals surface area contributed by atoms with Crippen molar-refractivity contribution in [1.82, 2.24) is 0 Å². The Morgan fingerprint density at radius 3 is 2.26 bits per heavy atom. The molecule has 0 heterocycles. The summed E-state index contributed by atoms with van der Waals surface area (Å²) < 4.78 is 6.19. The van der Waals surface area contributed by atoms with E-state index in [1.165, 1.54) is 25.7 Å². The summed E-state index contributed by atoms with van der Waals surface area (Å²) in [5.41, 5.74) is 0. The van der Waals surface area contributed by atoms with Crippen LogP contribution in [0.1, 0.15) is 91.4 Å². The lowest BCUT2D eigenvalue weighted by atomic mass is 9.65. The number of rotatable bonds is 11. The molecule has 2 aliphatic rings. The van der Waals surface area contributed by atoms with Crippen LogP contribution in [0.5, 0.6) is 0 Å². The fourth-order valence-corrected chi connectivity index (χ4v) is 5.24. The van der Waals surface area contributed by atoms with E-state index in [0.29, 0.717) is 17.9 Å². The average molecular weight is 379 g/mol. The fourth-order valence-electron chi connectivity index (χ4n) is 5.24. The van der Waals surface area contributed by atoms with Crippen molar-refractivity contribution >= 4 is 12.6 Å². The van der Waals surface area contributed by atoms with E-state index in [9.17, 15) is 9.59 Å². The van der Waals surface area contributed by atoms with Crippen LogP contribution in [0.2, 0.25) is 0 Å². The minimum atomic E-state index is 0.176. The lowest BCUT2D eigenvalue weighted by molar-refractivity contribution is -0.119. The molecule has 4 atom stereocenters. The first-order chi connectivity index (χ1) is 13.0. The molecule has 0 aliphatic heterocycles. The van der Waals surface area contributed by atoms with E-state index in [1.807, 2.05) is 0 Å². The maximum atomic E-state index is 11.5. The summed E-state index contributed by atoms with van der Waals surface area (Å²) in [6.45, 7) is 7.85. The zero-order chi connectivity index (χ0) is 19.6. The first kappa shape index (κ1) is 22.6. The van der Waals surface area contributed by atoms with Gasteiger partial charge >= 0.3 is 0 Å². The molecule has 0 spiro atoms. The summed E-state index contributed by atoms with van der Waals surface area (Å²) in [7, 11) is 0. The van der Waals surface area contributed by atoms with Gasteiger partial charge in [-0.05, 0) is 75.0 Å². The Morgan fingerprint density at radius 2 is 1.63 bits per heavy atom. The number of hydrogen-bond acceptors (Lipinski definition) is 3. The van der Waals surface area contributed by atoms with Crippen LogP contribution in [-0.4, -0.2) is 25.3 Å². The molecule has 4 unspecified atom stereocenters. The molecule has 27 heavy (non-hydrogen) atoms. The van der Waals surface area contributed by atoms with Gasteiger partial charge in [-0.15, -0.1) is 0 Å². The van der Waals surface area contributed by atoms with E-state index in [1.54, 1.807) is 0 Å². The summed E-state index contributed by atoms with van der Waals surface area (Å²) >= 11 is 0. The largest absolute Gasteiger partial charge is 0.378 e. The van der Waals surface area contributed by atoms with Gasteiger partial charge in [-0.25, -0.2) is 0 Å². The molecular weight excluding hydrogens is 336 g/mol. The van der Waals surface area contributed by atoms with Gasteiger partial charge in [-0.2, -0.15) is 0 Å². The van der Waals surface area contributed by atoms with Crippen LogP contribution in [0.3, 0.4) is 0 Å². The van der Waals surface area contributed by atoms with Crippen LogP contribution in [0.15, 0.2) is 0 Å². The molecule has 0 aromatic rings. The normalized spacial score (nSPS) is 33.0. The molecule has 2 fully saturated rings. The molecule has 2 rings (SSSR count). The Kier molecular flexibility index (Phi) is 10.0. The summed E-state index contributed by atoms with van der Waals surface area (Å²) in [4.78, 5) is 22.7. The lowest BCUT2D eigenvalue weighted by Crippen LogP contribution is -2.35. The third-order valence-electron chi connectivity index (χ3n) is 7.13. The van der Waals surface area contributed by atoms with Gasteiger partial charge in [0.1, 0.15) is 12.6 Å². The minimum absolute atomic E-state index is 0.176. The smallest absolute Gasteiger partial charge is 0.123 e. The van der Waals surface area contributed by atoms with E-state index in [-0.39, 0.29) is 11.8 Å². The van der Waals surface area contributed by atoms with Gasteiger partial charge in [0.05, 0.1) is 6.10 Å². The molecule has 0 aromatic carbocycles. The van der Waals surface area contributed by atoms with Gasteiger partial charge in [0.2, 0.25) is 0 Å². The van der Waals surface area contributed by atoms with Crippen LogP contribution < -0.4 is 0 Å². The molecule has 2 saturated carbocycles. The van der Waals surface area contributed by atoms with E-state index in [0.717, 1.165) is 76.0 Å². The van der Waals surface area contributed by atoms with Crippen LogP contribution >= 0.6 is 0 Å². The van der Waals surface area contributed by atoms with E-state index >= 15 is 0 Å². The quantitative estimate of drug-likeness (QED) is 0.424. The second-order valence-corrected chi connectivity index (χ2v) is 9.80. The molecule has 156 valence electrons. The highest BCUT2D eigenvalue weighted by molar-refractivity contribution is 5.57. The third-order valence-corrected chi connectivity index (χ3v) is 7.13. The van der Waals surface area contributed by atoms with Crippen molar-refractivity contribution in [1.29, 1.82) is 0 Å². The highest BCUT2D eigenvalue weighted by Gasteiger charge is 2.37. The Balaban J connectivity index is 1.64. The Morgan fingerprint density at radius 1 is 0.889 bits per heavy atom. The van der Waals surface area contributed by atoms with Crippen molar-refractivity contribution in [2.45, 2.75) is 97.5 Å². The molecule has 0 amide bonds. The zero-order valence-electron chi connectivity index (χ0n) is 17.9. The van der Waals surface area contributed by atoms with Crippen molar-refractivity contribution in [3.63, 3.8) is 0 Å². The number of ether oxygens (including phenoxy) is 1. The number of carbonyl (C=O) groups excluding carboxylic acids is 2. The van der Waals surface area contributed by atoms with Crippen LogP contribution in [-0.2, 0) is 14.3 Å². The molecule has 3 nitrogen and oxygen atoms in total. The molecule has 3 heteroatoms. The van der Waals surface area contributed by atoms with Crippen molar-refractivity contribution in [3.8, 4) is 0 Å². The van der Waals surface area contributed by atoms with Gasteiger partial charge in [-0.3, -0.25) is 0 Å². The number of aldehydes is 2. The molecule has 0 bridgehead atoms. The Bertz CT molecular complexity index is 425. The Labute approximate surface area is 167 Å². The monoisotopic (exact) mass is 378 g/mol. The predicted molar refractivity (Wildman–Crippen MR) is 111 cm³/mol. The first-order valence-electron chi connectivity index (χ1n) is 11.6. The summed E-state index contributed by atoms with van der Waals surface area (Å²) in [5.74, 6) is 2.96. The van der Waals surface area contributed by atoms with Crippen LogP contribution in [0.25, 0.3) is 0 Å². The van der Waals surface area contributed by atoms with Crippen LogP contribution in [0.4, 0.5) is 0 Å². The molecule has 0 aromatic heterocycles. The topological polar surface area (TPSA) is 43.4 Å². The van der Waals surface area contributed by atoms with E-state index in [4.69, 9.17) is 4.74 Å². The summed E-state index contributed by atoms with van der Waals surface area (Å²) in [5, 5.41) is 0. The van der Waals surface area contributed by atoms with Gasteiger partial charge in [0.25, 0.3) is 0 Å². The average Bonchev–Trinajstić information content (AvgIpc) is 2.67. The van der Waals surface area contributed by atoms with Gasteiger partial charge in [0.15, 0.2) is 0 Å². The minimum Gasteiger partial charge on any atom is -0.378 e. The molecule has 0 N–H and O–H groups in total. The maximum absolute atomic E-state index is 11.5. The summed E-state index contributed by atoms with van der Waals surface area (Å²) in [6.07, 6.45) is 15.2. The predicted octanol–water partition coefficient (Wildman–Crippen LogP) is 5.84. The highest BCUT2D eigenvalue weighted by Crippen LogP contribution is 2.42. The molecule has 0 radical (unpaired) electrons. The van der Waals surface area contributed by atoms with Crippen LogP contribution in [0, 0.1) is 35.5 Å². The SMILES string of the molecule is CC(C)CCCC(C)CCOC1CCC(C2CC(C=O)CCC2C=O)CC1. The van der Waals surface area contributed by atoms with Crippen molar-refractivity contribution < 1.29 is 14.3 Å². The number of carbonyl (C=O) groups is 2. The van der Waals surface area contributed by atoms with Crippen molar-refractivity contribution in [2.24, 2.45) is 35.5 Å². The van der Waals surface area contributed by atoms with E-state index in [2.05, 4.69) is 20.8 Å². The highest BCUT2D eigenvalue weighted by atomic mass is 16.5. The first-order valence-corrected chi connectivity index (χ1v) is 11.6. The maximum Gasteiger partial charge on any atom is 0.123 e.